The molecule has 6 heteroatoms. The third-order valence-electron chi connectivity index (χ3n) is 2.82. The molecular formula is C15H13N3O3. The van der Waals surface area contributed by atoms with Gasteiger partial charge in [-0.2, -0.15) is 4.98 Å². The highest BCUT2D eigenvalue weighted by molar-refractivity contribution is 5.76. The molecule has 0 unspecified atom stereocenters. The Labute approximate surface area is 120 Å². The molecule has 0 fully saturated rings. The van der Waals surface area contributed by atoms with Gasteiger partial charge in [0.2, 0.25) is 0 Å². The molecule has 0 aliphatic rings. The highest BCUT2D eigenvalue weighted by atomic mass is 16.5. The largest absolute Gasteiger partial charge is 0.490 e. The third-order valence-corrected chi connectivity index (χ3v) is 2.82. The van der Waals surface area contributed by atoms with Gasteiger partial charge in [-0.05, 0) is 18.2 Å². The van der Waals surface area contributed by atoms with Crippen molar-refractivity contribution in [2.45, 2.75) is 0 Å². The maximum atomic E-state index is 11.8. The van der Waals surface area contributed by atoms with Gasteiger partial charge in [0.25, 0.3) is 11.6 Å². The molecule has 21 heavy (non-hydrogen) atoms. The van der Waals surface area contributed by atoms with Crippen molar-refractivity contribution in [3.63, 3.8) is 0 Å². The van der Waals surface area contributed by atoms with Crippen LogP contribution in [0.25, 0.3) is 10.9 Å². The number of hydrogen-bond acceptors (Lipinski definition) is 5. The van der Waals surface area contributed by atoms with Crippen LogP contribution < -0.4 is 15.0 Å². The zero-order valence-electron chi connectivity index (χ0n) is 11.2. The molecule has 2 heterocycles. The fourth-order valence-corrected chi connectivity index (χ4v) is 1.85. The maximum absolute atomic E-state index is 11.8. The Morgan fingerprint density at radius 3 is 2.71 bits per heavy atom. The molecule has 6 nitrogen and oxygen atoms in total. The van der Waals surface area contributed by atoms with Crippen LogP contribution in [0.3, 0.4) is 0 Å². The number of fused-ring (bicyclic) bond motifs is 1. The fourth-order valence-electron chi connectivity index (χ4n) is 1.85. The number of nitrogens with zero attached hydrogens (tertiary/aromatic N) is 2. The van der Waals surface area contributed by atoms with E-state index in [-0.39, 0.29) is 18.2 Å². The summed E-state index contributed by atoms with van der Waals surface area (Å²) in [5.74, 6) is 0.769. The summed E-state index contributed by atoms with van der Waals surface area (Å²) in [5.41, 5.74) is 0.251. The lowest BCUT2D eigenvalue weighted by atomic mass is 10.3. The fraction of sp³-hybridized carbons (Fsp3) is 0.133. The minimum absolute atomic E-state index is 0.164. The second-order valence-electron chi connectivity index (χ2n) is 4.27. The third kappa shape index (κ3) is 3.17. The van der Waals surface area contributed by atoms with Crippen LogP contribution in [0.1, 0.15) is 0 Å². The van der Waals surface area contributed by atoms with Crippen molar-refractivity contribution in [2.75, 3.05) is 13.2 Å². The van der Waals surface area contributed by atoms with E-state index in [0.717, 1.165) is 5.75 Å². The number of nitrogens with one attached hydrogen (secondary N) is 1. The van der Waals surface area contributed by atoms with Crippen LogP contribution in [0.15, 0.2) is 53.6 Å². The van der Waals surface area contributed by atoms with Gasteiger partial charge in [0.1, 0.15) is 19.0 Å². The number of hydrogen-bond donors (Lipinski definition) is 1. The van der Waals surface area contributed by atoms with Crippen LogP contribution in [-0.4, -0.2) is 28.2 Å². The van der Waals surface area contributed by atoms with Gasteiger partial charge in [-0.1, -0.05) is 18.2 Å². The van der Waals surface area contributed by atoms with Crippen molar-refractivity contribution in [3.8, 4) is 11.8 Å². The minimum Gasteiger partial charge on any atom is -0.490 e. The Hall–Kier alpha value is -2.89. The summed E-state index contributed by atoms with van der Waals surface area (Å²) in [6, 6.07) is 11.2. The number of pyridine rings is 1. The zero-order chi connectivity index (χ0) is 14.5. The molecule has 0 aliphatic carbocycles. The van der Waals surface area contributed by atoms with Crippen LogP contribution in [0.4, 0.5) is 0 Å². The van der Waals surface area contributed by atoms with Gasteiger partial charge in [0, 0.05) is 6.20 Å². The van der Waals surface area contributed by atoms with Gasteiger partial charge in [-0.15, -0.1) is 0 Å². The predicted octanol–water partition coefficient (Wildman–Crippen LogP) is 1.78. The van der Waals surface area contributed by atoms with Crippen LogP contribution >= 0.6 is 0 Å². The molecule has 0 bridgehead atoms. The van der Waals surface area contributed by atoms with Crippen LogP contribution in [0.5, 0.6) is 11.8 Å². The Morgan fingerprint density at radius 1 is 1.05 bits per heavy atom. The first-order valence-electron chi connectivity index (χ1n) is 6.47. The Morgan fingerprint density at radius 2 is 1.86 bits per heavy atom. The summed E-state index contributed by atoms with van der Waals surface area (Å²) < 4.78 is 10.9. The topological polar surface area (TPSA) is 77.1 Å². The molecule has 0 saturated carbocycles. The van der Waals surface area contributed by atoms with Crippen molar-refractivity contribution in [1.82, 2.24) is 15.0 Å². The average molecular weight is 283 g/mol. The summed E-state index contributed by atoms with van der Waals surface area (Å²) in [6.07, 6.45) is 3.07. The number of para-hydroxylation sites is 1. The summed E-state index contributed by atoms with van der Waals surface area (Å²) in [4.78, 5) is 22.5. The number of aromatic nitrogens is 3. The number of aromatic amines is 1. The maximum Gasteiger partial charge on any atom is 0.297 e. The van der Waals surface area contributed by atoms with Crippen molar-refractivity contribution in [3.05, 3.63) is 59.1 Å². The normalized spacial score (nSPS) is 10.5. The zero-order valence-corrected chi connectivity index (χ0v) is 11.2. The van der Waals surface area contributed by atoms with Crippen LogP contribution in [0.2, 0.25) is 0 Å². The number of ether oxygens (including phenoxy) is 2. The van der Waals surface area contributed by atoms with Crippen LogP contribution in [-0.2, 0) is 0 Å². The lowest BCUT2D eigenvalue weighted by Gasteiger charge is -2.07. The van der Waals surface area contributed by atoms with Gasteiger partial charge < -0.3 is 9.47 Å². The quantitative estimate of drug-likeness (QED) is 0.722. The molecule has 3 aromatic rings. The molecule has 3 rings (SSSR count). The van der Waals surface area contributed by atoms with Crippen molar-refractivity contribution in [2.24, 2.45) is 0 Å². The van der Waals surface area contributed by atoms with Crippen molar-refractivity contribution in [1.29, 1.82) is 0 Å². The molecule has 0 radical (unpaired) electrons. The second kappa shape index (κ2) is 6.04. The van der Waals surface area contributed by atoms with E-state index in [2.05, 4.69) is 15.0 Å². The van der Waals surface area contributed by atoms with E-state index in [4.69, 9.17) is 9.47 Å². The first kappa shape index (κ1) is 13.1. The Bertz CT molecular complexity index is 787. The summed E-state index contributed by atoms with van der Waals surface area (Å²) >= 11 is 0. The van der Waals surface area contributed by atoms with E-state index in [1.54, 1.807) is 12.3 Å². The molecule has 0 amide bonds. The molecule has 1 aromatic carbocycles. The first-order valence-corrected chi connectivity index (χ1v) is 6.47. The predicted molar refractivity (Wildman–Crippen MR) is 77.6 cm³/mol. The summed E-state index contributed by atoms with van der Waals surface area (Å²) in [6.45, 7) is 0.641. The molecule has 0 saturated heterocycles. The van der Waals surface area contributed by atoms with E-state index in [1.807, 2.05) is 30.3 Å². The monoisotopic (exact) mass is 283 g/mol. The van der Waals surface area contributed by atoms with E-state index in [1.165, 1.54) is 6.20 Å². The Balaban J connectivity index is 1.62. The van der Waals surface area contributed by atoms with Gasteiger partial charge in [-0.3, -0.25) is 14.8 Å². The highest BCUT2D eigenvalue weighted by Gasteiger charge is 2.04. The molecule has 106 valence electrons. The van der Waals surface area contributed by atoms with E-state index in [0.29, 0.717) is 17.5 Å². The van der Waals surface area contributed by atoms with E-state index in [9.17, 15) is 4.79 Å². The summed E-state index contributed by atoms with van der Waals surface area (Å²) in [5, 5.41) is 0.484. The SMILES string of the molecule is O=c1[nH]c(OCCOc2ccccc2)nc2cnccc12. The second-order valence-corrected chi connectivity index (χ2v) is 4.27. The minimum atomic E-state index is -0.249. The van der Waals surface area contributed by atoms with Crippen molar-refractivity contribution >= 4 is 10.9 Å². The number of benzene rings is 1. The van der Waals surface area contributed by atoms with Crippen LogP contribution in [0, 0.1) is 0 Å². The standard InChI is InChI=1S/C15H13N3O3/c19-14-12-6-7-16-10-13(12)17-15(18-14)21-9-8-20-11-4-2-1-3-5-11/h1-7,10H,8-9H2,(H,17,18,19). The van der Waals surface area contributed by atoms with Gasteiger partial charge in [0.15, 0.2) is 0 Å². The smallest absolute Gasteiger partial charge is 0.297 e. The molecule has 1 N–H and O–H groups in total. The average Bonchev–Trinajstić information content (AvgIpc) is 2.53. The molecular weight excluding hydrogens is 270 g/mol. The molecule has 0 spiro atoms. The number of H-pyrrole nitrogens is 1. The van der Waals surface area contributed by atoms with E-state index < -0.39 is 0 Å². The lowest BCUT2D eigenvalue weighted by molar-refractivity contribution is 0.206. The Kier molecular flexibility index (Phi) is 3.77. The van der Waals surface area contributed by atoms with Crippen molar-refractivity contribution < 1.29 is 9.47 Å². The molecule has 2 aromatic heterocycles. The lowest BCUT2D eigenvalue weighted by Crippen LogP contribution is -2.15. The highest BCUT2D eigenvalue weighted by Crippen LogP contribution is 2.09. The number of rotatable bonds is 5. The van der Waals surface area contributed by atoms with Gasteiger partial charge >= 0.3 is 0 Å². The molecule has 0 aliphatic heterocycles. The van der Waals surface area contributed by atoms with E-state index >= 15 is 0 Å². The molecule has 0 atom stereocenters. The van der Waals surface area contributed by atoms with Gasteiger partial charge in [0.05, 0.1) is 17.1 Å². The summed E-state index contributed by atoms with van der Waals surface area (Å²) in [7, 11) is 0. The first-order chi connectivity index (χ1) is 10.3. The van der Waals surface area contributed by atoms with Gasteiger partial charge in [-0.25, -0.2) is 0 Å².